The molecule has 1 saturated heterocycles. The van der Waals surface area contributed by atoms with E-state index < -0.39 is 0 Å². The molecule has 0 aliphatic carbocycles. The first-order valence-corrected chi connectivity index (χ1v) is 8.76. The van der Waals surface area contributed by atoms with Crippen molar-refractivity contribution in [2.45, 2.75) is 25.8 Å². The van der Waals surface area contributed by atoms with Gasteiger partial charge in [0.15, 0.2) is 0 Å². The minimum atomic E-state index is 0.210. The van der Waals surface area contributed by atoms with Crippen molar-refractivity contribution in [3.05, 3.63) is 59.9 Å². The molecule has 0 unspecified atom stereocenters. The second kappa shape index (κ2) is 8.27. The average molecular weight is 326 g/mol. The molecule has 3 rings (SSSR count). The maximum atomic E-state index is 9.73. The zero-order valence-electron chi connectivity index (χ0n) is 14.3. The van der Waals surface area contributed by atoms with Crippen LogP contribution in [0.4, 0.5) is 0 Å². The van der Waals surface area contributed by atoms with Gasteiger partial charge in [-0.05, 0) is 36.2 Å². The summed E-state index contributed by atoms with van der Waals surface area (Å²) in [4.78, 5) is 6.89. The van der Waals surface area contributed by atoms with Gasteiger partial charge in [-0.3, -0.25) is 9.88 Å². The molecule has 1 N–H and O–H groups in total. The van der Waals surface area contributed by atoms with Gasteiger partial charge in [-0.1, -0.05) is 25.1 Å². The summed E-state index contributed by atoms with van der Waals surface area (Å²) in [5.74, 6) is 1.50. The van der Waals surface area contributed by atoms with Crippen molar-refractivity contribution in [2.75, 3.05) is 26.3 Å². The summed E-state index contributed by atoms with van der Waals surface area (Å²) >= 11 is 0. The molecule has 2 atom stereocenters. The van der Waals surface area contributed by atoms with Gasteiger partial charge in [0.25, 0.3) is 0 Å². The summed E-state index contributed by atoms with van der Waals surface area (Å²) in [5, 5.41) is 9.73. The summed E-state index contributed by atoms with van der Waals surface area (Å²) in [6.07, 6.45) is 2.86. The molecule has 24 heavy (non-hydrogen) atoms. The SMILES string of the molecule is CCCOc1ccc(CN2C[C@@H](CO)[C@H](c3ccccn3)C2)cc1. The smallest absolute Gasteiger partial charge is 0.119 e. The number of pyridine rings is 1. The molecule has 2 aromatic rings. The summed E-state index contributed by atoms with van der Waals surface area (Å²) in [6.45, 7) is 5.82. The topological polar surface area (TPSA) is 45.6 Å². The number of aliphatic hydroxyl groups is 1. The van der Waals surface area contributed by atoms with Crippen LogP contribution in [0.2, 0.25) is 0 Å². The van der Waals surface area contributed by atoms with E-state index in [1.165, 1.54) is 5.56 Å². The highest BCUT2D eigenvalue weighted by molar-refractivity contribution is 5.27. The van der Waals surface area contributed by atoms with Crippen molar-refractivity contribution in [3.63, 3.8) is 0 Å². The molecule has 0 spiro atoms. The lowest BCUT2D eigenvalue weighted by Crippen LogP contribution is -2.20. The summed E-state index contributed by atoms with van der Waals surface area (Å²) in [6, 6.07) is 14.4. The molecule has 128 valence electrons. The molecule has 1 fully saturated rings. The lowest BCUT2D eigenvalue weighted by Gasteiger charge is -2.16. The quantitative estimate of drug-likeness (QED) is 0.849. The van der Waals surface area contributed by atoms with Gasteiger partial charge in [0.2, 0.25) is 0 Å². The van der Waals surface area contributed by atoms with Crippen molar-refractivity contribution < 1.29 is 9.84 Å². The molecule has 1 aliphatic heterocycles. The number of nitrogens with zero attached hydrogens (tertiary/aromatic N) is 2. The Kier molecular flexibility index (Phi) is 5.83. The highest BCUT2D eigenvalue weighted by Gasteiger charge is 2.33. The van der Waals surface area contributed by atoms with Gasteiger partial charge in [0, 0.05) is 50.0 Å². The number of rotatable bonds is 7. The normalized spacial score (nSPS) is 21.1. The van der Waals surface area contributed by atoms with Crippen LogP contribution in [0.3, 0.4) is 0 Å². The molecule has 4 nitrogen and oxygen atoms in total. The van der Waals surface area contributed by atoms with Crippen molar-refractivity contribution in [3.8, 4) is 5.75 Å². The van der Waals surface area contributed by atoms with Crippen LogP contribution >= 0.6 is 0 Å². The van der Waals surface area contributed by atoms with Gasteiger partial charge in [-0.2, -0.15) is 0 Å². The Morgan fingerprint density at radius 1 is 1.17 bits per heavy atom. The van der Waals surface area contributed by atoms with Crippen LogP contribution in [0.25, 0.3) is 0 Å². The molecule has 1 aromatic carbocycles. The Labute approximate surface area is 144 Å². The van der Waals surface area contributed by atoms with Gasteiger partial charge in [-0.15, -0.1) is 0 Å². The third-order valence-corrected chi connectivity index (χ3v) is 4.62. The molecule has 2 heterocycles. The second-order valence-electron chi connectivity index (χ2n) is 6.49. The minimum absolute atomic E-state index is 0.210. The van der Waals surface area contributed by atoms with Gasteiger partial charge < -0.3 is 9.84 Å². The largest absolute Gasteiger partial charge is 0.494 e. The fourth-order valence-electron chi connectivity index (χ4n) is 3.37. The number of hydrogen-bond acceptors (Lipinski definition) is 4. The van der Waals surface area contributed by atoms with Gasteiger partial charge in [0.05, 0.1) is 6.61 Å². The molecular formula is C20H26N2O2. The molecular weight excluding hydrogens is 300 g/mol. The van der Waals surface area contributed by atoms with Gasteiger partial charge in [-0.25, -0.2) is 0 Å². The van der Waals surface area contributed by atoms with E-state index in [2.05, 4.69) is 35.0 Å². The Hall–Kier alpha value is -1.91. The van der Waals surface area contributed by atoms with Crippen LogP contribution in [0, 0.1) is 5.92 Å². The van der Waals surface area contributed by atoms with E-state index in [1.54, 1.807) is 0 Å². The van der Waals surface area contributed by atoms with E-state index in [4.69, 9.17) is 4.74 Å². The number of ether oxygens (including phenoxy) is 1. The van der Waals surface area contributed by atoms with Crippen LogP contribution in [-0.2, 0) is 6.54 Å². The Bertz CT molecular complexity index is 615. The number of aromatic nitrogens is 1. The monoisotopic (exact) mass is 326 g/mol. The highest BCUT2D eigenvalue weighted by atomic mass is 16.5. The van der Waals surface area contributed by atoms with Crippen molar-refractivity contribution in [1.82, 2.24) is 9.88 Å². The fraction of sp³-hybridized carbons (Fsp3) is 0.450. The predicted octanol–water partition coefficient (Wildman–Crippen LogP) is 3.08. The standard InChI is InChI=1S/C20H26N2O2/c1-2-11-24-18-8-6-16(7-9-18)12-22-13-17(15-23)19(14-22)20-5-3-4-10-21-20/h3-10,17,19,23H,2,11-15H2,1H3/t17-,19+/m0/s1. The molecule has 0 amide bonds. The van der Waals surface area contributed by atoms with Crippen LogP contribution in [0.15, 0.2) is 48.7 Å². The first-order valence-electron chi connectivity index (χ1n) is 8.76. The average Bonchev–Trinajstić information content (AvgIpc) is 3.05. The summed E-state index contributed by atoms with van der Waals surface area (Å²) in [7, 11) is 0. The Morgan fingerprint density at radius 2 is 2.00 bits per heavy atom. The van der Waals surface area contributed by atoms with Gasteiger partial charge in [0.1, 0.15) is 5.75 Å². The van der Waals surface area contributed by atoms with Crippen LogP contribution < -0.4 is 4.74 Å². The number of benzene rings is 1. The number of hydrogen-bond donors (Lipinski definition) is 1. The first kappa shape index (κ1) is 16.9. The minimum Gasteiger partial charge on any atom is -0.494 e. The zero-order chi connectivity index (χ0) is 16.8. The highest BCUT2D eigenvalue weighted by Crippen LogP contribution is 2.32. The number of aliphatic hydroxyl groups excluding tert-OH is 1. The maximum Gasteiger partial charge on any atom is 0.119 e. The summed E-state index contributed by atoms with van der Waals surface area (Å²) in [5.41, 5.74) is 2.36. The van der Waals surface area contributed by atoms with E-state index in [0.717, 1.165) is 44.1 Å². The van der Waals surface area contributed by atoms with E-state index >= 15 is 0 Å². The lowest BCUT2D eigenvalue weighted by molar-refractivity contribution is 0.213. The van der Waals surface area contributed by atoms with E-state index in [1.807, 2.05) is 30.5 Å². The molecule has 0 bridgehead atoms. The third kappa shape index (κ3) is 4.13. The molecule has 1 aromatic heterocycles. The van der Waals surface area contributed by atoms with Crippen molar-refractivity contribution >= 4 is 0 Å². The van der Waals surface area contributed by atoms with E-state index in [-0.39, 0.29) is 12.5 Å². The maximum absolute atomic E-state index is 9.73. The number of likely N-dealkylation sites (tertiary alicyclic amines) is 1. The Balaban J connectivity index is 1.62. The molecule has 4 heteroatoms. The second-order valence-corrected chi connectivity index (χ2v) is 6.49. The first-order chi connectivity index (χ1) is 11.8. The third-order valence-electron chi connectivity index (χ3n) is 4.62. The molecule has 0 saturated carbocycles. The molecule has 0 radical (unpaired) electrons. The van der Waals surface area contributed by atoms with Crippen molar-refractivity contribution in [2.24, 2.45) is 5.92 Å². The molecule has 1 aliphatic rings. The van der Waals surface area contributed by atoms with Gasteiger partial charge >= 0.3 is 0 Å². The van der Waals surface area contributed by atoms with Crippen LogP contribution in [-0.4, -0.2) is 41.3 Å². The predicted molar refractivity (Wildman–Crippen MR) is 95.1 cm³/mol. The lowest BCUT2D eigenvalue weighted by atomic mass is 9.93. The van der Waals surface area contributed by atoms with E-state index in [0.29, 0.717) is 5.92 Å². The van der Waals surface area contributed by atoms with Crippen LogP contribution in [0.5, 0.6) is 5.75 Å². The Morgan fingerprint density at radius 3 is 2.67 bits per heavy atom. The van der Waals surface area contributed by atoms with Crippen LogP contribution in [0.1, 0.15) is 30.5 Å². The van der Waals surface area contributed by atoms with E-state index in [9.17, 15) is 5.11 Å². The van der Waals surface area contributed by atoms with Crippen molar-refractivity contribution in [1.29, 1.82) is 0 Å². The fourth-order valence-corrected chi connectivity index (χ4v) is 3.37. The summed E-state index contributed by atoms with van der Waals surface area (Å²) < 4.78 is 5.63. The zero-order valence-corrected chi connectivity index (χ0v) is 14.3.